The number of nitrogens with zero attached hydrogens (tertiary/aromatic N) is 3. The molecule has 2 saturated heterocycles. The number of piperazine rings is 1. The second-order valence-electron chi connectivity index (χ2n) is 7.27. The average Bonchev–Trinajstić information content (AvgIpc) is 2.39. The molecule has 0 aromatic carbocycles. The van der Waals surface area contributed by atoms with E-state index in [1.165, 1.54) is 65.1 Å². The minimum absolute atomic E-state index is 0.352. The van der Waals surface area contributed by atoms with E-state index in [2.05, 4.69) is 42.4 Å². The van der Waals surface area contributed by atoms with Crippen molar-refractivity contribution in [2.24, 2.45) is 0 Å². The van der Waals surface area contributed by atoms with E-state index in [0.717, 1.165) is 6.04 Å². The van der Waals surface area contributed by atoms with Crippen molar-refractivity contribution in [3.8, 4) is 0 Å². The molecular weight excluding hydrogens is 234 g/mol. The van der Waals surface area contributed by atoms with Gasteiger partial charge in [-0.2, -0.15) is 0 Å². The van der Waals surface area contributed by atoms with E-state index < -0.39 is 0 Å². The fourth-order valence-corrected chi connectivity index (χ4v) is 3.57. The van der Waals surface area contributed by atoms with E-state index in [1.807, 2.05) is 0 Å². The summed E-state index contributed by atoms with van der Waals surface area (Å²) in [5.41, 5.74) is 0.352. The van der Waals surface area contributed by atoms with Gasteiger partial charge in [0.05, 0.1) is 0 Å². The molecule has 3 nitrogen and oxygen atoms in total. The highest BCUT2D eigenvalue weighted by atomic mass is 15.3. The maximum atomic E-state index is 2.76. The monoisotopic (exact) mass is 267 g/mol. The Hall–Kier alpha value is -0.120. The molecule has 0 atom stereocenters. The molecule has 0 saturated carbocycles. The van der Waals surface area contributed by atoms with E-state index >= 15 is 0 Å². The summed E-state index contributed by atoms with van der Waals surface area (Å²) < 4.78 is 0. The first-order valence-electron chi connectivity index (χ1n) is 8.22. The lowest BCUT2D eigenvalue weighted by Gasteiger charge is -2.46. The van der Waals surface area contributed by atoms with Crippen molar-refractivity contribution in [2.75, 3.05) is 45.8 Å². The molecule has 112 valence electrons. The maximum Gasteiger partial charge on any atom is 0.0125 e. The van der Waals surface area contributed by atoms with Crippen LogP contribution in [-0.2, 0) is 0 Å². The Morgan fingerprint density at radius 2 is 1.47 bits per heavy atom. The van der Waals surface area contributed by atoms with Crippen LogP contribution >= 0.6 is 0 Å². The first-order chi connectivity index (χ1) is 9.00. The molecule has 0 aromatic rings. The lowest BCUT2D eigenvalue weighted by molar-refractivity contribution is 0.0324. The van der Waals surface area contributed by atoms with Crippen LogP contribution in [0.4, 0.5) is 0 Å². The van der Waals surface area contributed by atoms with Gasteiger partial charge in [0.2, 0.25) is 0 Å². The Labute approximate surface area is 119 Å². The number of rotatable bonds is 3. The highest BCUT2D eigenvalue weighted by Gasteiger charge is 2.30. The van der Waals surface area contributed by atoms with E-state index in [9.17, 15) is 0 Å². The molecule has 0 N–H and O–H groups in total. The van der Waals surface area contributed by atoms with Gasteiger partial charge in [0.15, 0.2) is 0 Å². The SMILES string of the molecule is CCCN1CCN(C2CCN(C(C)(C)C)CC2)CC1. The van der Waals surface area contributed by atoms with Crippen LogP contribution in [0.2, 0.25) is 0 Å². The standard InChI is InChI=1S/C16H33N3/c1-5-8-17-11-13-18(14-12-17)15-6-9-19(10-7-15)16(2,3)4/h15H,5-14H2,1-4H3. The quantitative estimate of drug-likeness (QED) is 0.777. The molecule has 2 aliphatic heterocycles. The number of likely N-dealkylation sites (tertiary alicyclic amines) is 1. The molecule has 19 heavy (non-hydrogen) atoms. The van der Waals surface area contributed by atoms with Gasteiger partial charge < -0.3 is 4.90 Å². The molecule has 0 radical (unpaired) electrons. The van der Waals surface area contributed by atoms with Crippen molar-refractivity contribution >= 4 is 0 Å². The lowest BCUT2D eigenvalue weighted by atomic mass is 9.96. The molecule has 0 aromatic heterocycles. The topological polar surface area (TPSA) is 9.72 Å². The third-order valence-corrected chi connectivity index (χ3v) is 4.88. The molecule has 0 unspecified atom stereocenters. The zero-order chi connectivity index (χ0) is 13.9. The Morgan fingerprint density at radius 3 is 1.95 bits per heavy atom. The van der Waals surface area contributed by atoms with Gasteiger partial charge in [-0.05, 0) is 46.6 Å². The van der Waals surface area contributed by atoms with Gasteiger partial charge in [-0.25, -0.2) is 0 Å². The Bertz CT molecular complexity index is 256. The lowest BCUT2D eigenvalue weighted by Crippen LogP contribution is -2.55. The van der Waals surface area contributed by atoms with Crippen molar-refractivity contribution in [2.45, 2.75) is 58.5 Å². The Balaban J connectivity index is 1.74. The van der Waals surface area contributed by atoms with E-state index in [0.29, 0.717) is 5.54 Å². The van der Waals surface area contributed by atoms with Gasteiger partial charge in [0.1, 0.15) is 0 Å². The van der Waals surface area contributed by atoms with Crippen LogP contribution in [0.5, 0.6) is 0 Å². The highest BCUT2D eigenvalue weighted by molar-refractivity contribution is 4.87. The van der Waals surface area contributed by atoms with Crippen LogP contribution in [0.15, 0.2) is 0 Å². The van der Waals surface area contributed by atoms with Crippen molar-refractivity contribution < 1.29 is 0 Å². The van der Waals surface area contributed by atoms with E-state index in [1.54, 1.807) is 0 Å². The molecule has 0 aliphatic carbocycles. The van der Waals surface area contributed by atoms with Gasteiger partial charge in [0.25, 0.3) is 0 Å². The van der Waals surface area contributed by atoms with Crippen molar-refractivity contribution in [1.82, 2.24) is 14.7 Å². The van der Waals surface area contributed by atoms with Gasteiger partial charge in [0, 0.05) is 50.8 Å². The summed E-state index contributed by atoms with van der Waals surface area (Å²) in [7, 11) is 0. The highest BCUT2D eigenvalue weighted by Crippen LogP contribution is 2.23. The zero-order valence-corrected chi connectivity index (χ0v) is 13.5. The number of piperidine rings is 1. The predicted octanol–water partition coefficient (Wildman–Crippen LogP) is 2.28. The van der Waals surface area contributed by atoms with Gasteiger partial charge in [-0.15, -0.1) is 0 Å². The molecule has 2 heterocycles. The predicted molar refractivity (Wildman–Crippen MR) is 82.7 cm³/mol. The molecule has 0 bridgehead atoms. The fraction of sp³-hybridized carbons (Fsp3) is 1.00. The largest absolute Gasteiger partial charge is 0.301 e. The summed E-state index contributed by atoms with van der Waals surface area (Å²) in [6.07, 6.45) is 4.03. The molecular formula is C16H33N3. The summed E-state index contributed by atoms with van der Waals surface area (Å²) >= 11 is 0. The minimum atomic E-state index is 0.352. The van der Waals surface area contributed by atoms with Crippen LogP contribution in [0.3, 0.4) is 0 Å². The zero-order valence-electron chi connectivity index (χ0n) is 13.5. The van der Waals surface area contributed by atoms with Crippen molar-refractivity contribution in [3.05, 3.63) is 0 Å². The first-order valence-corrected chi connectivity index (χ1v) is 8.22. The average molecular weight is 267 g/mol. The summed E-state index contributed by atoms with van der Waals surface area (Å²) in [5, 5.41) is 0. The van der Waals surface area contributed by atoms with Gasteiger partial charge in [-0.3, -0.25) is 9.80 Å². The first kappa shape index (κ1) is 15.3. The molecule has 3 heteroatoms. The molecule has 2 aliphatic rings. The smallest absolute Gasteiger partial charge is 0.0125 e. The summed E-state index contributed by atoms with van der Waals surface area (Å²) in [6.45, 7) is 18.3. The Morgan fingerprint density at radius 1 is 0.895 bits per heavy atom. The van der Waals surface area contributed by atoms with E-state index in [4.69, 9.17) is 0 Å². The maximum absolute atomic E-state index is 2.76. The van der Waals surface area contributed by atoms with Crippen molar-refractivity contribution in [3.63, 3.8) is 0 Å². The Kier molecular flexibility index (Phi) is 5.27. The van der Waals surface area contributed by atoms with E-state index in [-0.39, 0.29) is 0 Å². The second-order valence-corrected chi connectivity index (χ2v) is 7.27. The van der Waals surface area contributed by atoms with Crippen LogP contribution in [-0.4, -0.2) is 72.1 Å². The summed E-state index contributed by atoms with van der Waals surface area (Å²) in [4.78, 5) is 8.03. The normalized spacial score (nSPS) is 25.9. The minimum Gasteiger partial charge on any atom is -0.301 e. The van der Waals surface area contributed by atoms with Crippen LogP contribution in [0, 0.1) is 0 Å². The fourth-order valence-electron chi connectivity index (χ4n) is 3.57. The third kappa shape index (κ3) is 4.17. The molecule has 0 amide bonds. The van der Waals surface area contributed by atoms with Gasteiger partial charge in [-0.1, -0.05) is 6.92 Å². The van der Waals surface area contributed by atoms with Crippen LogP contribution < -0.4 is 0 Å². The summed E-state index contributed by atoms with van der Waals surface area (Å²) in [6, 6.07) is 0.849. The van der Waals surface area contributed by atoms with Crippen LogP contribution in [0.25, 0.3) is 0 Å². The third-order valence-electron chi connectivity index (χ3n) is 4.88. The van der Waals surface area contributed by atoms with Gasteiger partial charge >= 0.3 is 0 Å². The van der Waals surface area contributed by atoms with Crippen molar-refractivity contribution in [1.29, 1.82) is 0 Å². The second kappa shape index (κ2) is 6.55. The molecule has 0 spiro atoms. The molecule has 2 fully saturated rings. The number of hydrogen-bond acceptors (Lipinski definition) is 3. The van der Waals surface area contributed by atoms with Crippen LogP contribution in [0.1, 0.15) is 47.0 Å². The molecule has 2 rings (SSSR count). The number of hydrogen-bond donors (Lipinski definition) is 0. The summed E-state index contributed by atoms with van der Waals surface area (Å²) in [5.74, 6) is 0.